The van der Waals surface area contributed by atoms with Crippen molar-refractivity contribution in [1.29, 1.82) is 0 Å². The number of carbonyl (C=O) groups is 1. The molecule has 1 fully saturated rings. The molecule has 0 spiro atoms. The Balaban J connectivity index is 1.39. The average Bonchev–Trinajstić information content (AvgIpc) is 3.33. The van der Waals surface area contributed by atoms with Crippen LogP contribution in [0.25, 0.3) is 6.08 Å². The molecule has 10 heteroatoms. The van der Waals surface area contributed by atoms with Gasteiger partial charge in [0.05, 0.1) is 12.5 Å². The largest absolute Gasteiger partial charge is 0.454 e. The molecule has 4 rings (SSSR count). The molecule has 9 nitrogen and oxygen atoms in total. The first kappa shape index (κ1) is 18.5. The van der Waals surface area contributed by atoms with E-state index < -0.39 is 10.0 Å². The number of fused-ring (bicyclic) bond motifs is 1. The van der Waals surface area contributed by atoms with Crippen LogP contribution in [-0.2, 0) is 14.8 Å². The molecular formula is C18H20N4O5S. The fourth-order valence-corrected chi connectivity index (χ4v) is 4.53. The molecule has 0 saturated carbocycles. The Morgan fingerprint density at radius 1 is 1.14 bits per heavy atom. The Kier molecular flexibility index (Phi) is 5.05. The van der Waals surface area contributed by atoms with Gasteiger partial charge in [-0.15, -0.1) is 0 Å². The Morgan fingerprint density at radius 3 is 2.82 bits per heavy atom. The van der Waals surface area contributed by atoms with Crippen molar-refractivity contribution in [3.63, 3.8) is 0 Å². The predicted molar refractivity (Wildman–Crippen MR) is 100 cm³/mol. The van der Waals surface area contributed by atoms with E-state index >= 15 is 0 Å². The number of aromatic amines is 1. The van der Waals surface area contributed by atoms with Crippen molar-refractivity contribution in [2.45, 2.75) is 11.4 Å². The van der Waals surface area contributed by atoms with E-state index in [4.69, 9.17) is 9.47 Å². The summed E-state index contributed by atoms with van der Waals surface area (Å²) in [5, 5.41) is 0.0648. The third-order valence-corrected chi connectivity index (χ3v) is 6.50. The van der Waals surface area contributed by atoms with E-state index in [9.17, 15) is 13.2 Å². The SMILES string of the molecule is O=C(/C=C/c1ccc2c(c1)OCO2)N1CCCN(S(=O)(=O)c2cnc[nH]2)CC1. The molecule has 0 bridgehead atoms. The van der Waals surface area contributed by atoms with Crippen LogP contribution in [0.15, 0.2) is 41.8 Å². The number of amides is 1. The van der Waals surface area contributed by atoms with Crippen molar-refractivity contribution < 1.29 is 22.7 Å². The number of nitrogens with one attached hydrogen (secondary N) is 1. The minimum Gasteiger partial charge on any atom is -0.454 e. The maximum absolute atomic E-state index is 12.6. The number of sulfonamides is 1. The molecule has 0 atom stereocenters. The topological polar surface area (TPSA) is 105 Å². The van der Waals surface area contributed by atoms with Gasteiger partial charge in [-0.25, -0.2) is 13.4 Å². The highest BCUT2D eigenvalue weighted by atomic mass is 32.2. The lowest BCUT2D eigenvalue weighted by molar-refractivity contribution is -0.125. The number of nitrogens with zero attached hydrogens (tertiary/aromatic N) is 3. The fourth-order valence-electron chi connectivity index (χ4n) is 3.17. The summed E-state index contributed by atoms with van der Waals surface area (Å²) in [5.74, 6) is 1.19. The van der Waals surface area contributed by atoms with Gasteiger partial charge in [0.1, 0.15) is 0 Å². The Bertz CT molecular complexity index is 987. The summed E-state index contributed by atoms with van der Waals surface area (Å²) in [6.45, 7) is 1.63. The summed E-state index contributed by atoms with van der Waals surface area (Å²) < 4.78 is 37.2. The summed E-state index contributed by atoms with van der Waals surface area (Å²) in [6, 6.07) is 5.46. The van der Waals surface area contributed by atoms with Gasteiger partial charge in [0, 0.05) is 32.3 Å². The number of carbonyl (C=O) groups excluding carboxylic acids is 1. The van der Waals surface area contributed by atoms with Gasteiger partial charge >= 0.3 is 0 Å². The number of hydrogen-bond acceptors (Lipinski definition) is 6. The van der Waals surface area contributed by atoms with Crippen LogP contribution in [0, 0.1) is 0 Å². The van der Waals surface area contributed by atoms with Gasteiger partial charge in [0.2, 0.25) is 12.7 Å². The molecule has 1 saturated heterocycles. The third-order valence-electron chi connectivity index (χ3n) is 4.67. The Labute approximate surface area is 162 Å². The lowest BCUT2D eigenvalue weighted by atomic mass is 10.2. The number of ether oxygens (including phenoxy) is 2. The van der Waals surface area contributed by atoms with Gasteiger partial charge in [-0.2, -0.15) is 4.31 Å². The molecule has 2 aromatic rings. The van der Waals surface area contributed by atoms with Crippen molar-refractivity contribution in [1.82, 2.24) is 19.2 Å². The van der Waals surface area contributed by atoms with E-state index in [0.29, 0.717) is 37.6 Å². The standard InChI is InChI=1S/C18H20N4O5S/c23-18(5-3-14-2-4-15-16(10-14)27-13-26-15)21-6-1-7-22(9-8-21)28(24,25)17-11-19-12-20-17/h2-5,10-12H,1,6-9,13H2,(H,19,20)/b5-3+. The molecule has 3 heterocycles. The molecule has 0 radical (unpaired) electrons. The van der Waals surface area contributed by atoms with Crippen molar-refractivity contribution in [2.75, 3.05) is 33.0 Å². The monoisotopic (exact) mass is 404 g/mol. The lowest BCUT2D eigenvalue weighted by Crippen LogP contribution is -2.36. The van der Waals surface area contributed by atoms with Gasteiger partial charge in [0.25, 0.3) is 10.0 Å². The molecule has 28 heavy (non-hydrogen) atoms. The first-order valence-electron chi connectivity index (χ1n) is 8.89. The molecule has 2 aliphatic rings. The van der Waals surface area contributed by atoms with Crippen LogP contribution >= 0.6 is 0 Å². The number of imidazole rings is 1. The summed E-state index contributed by atoms with van der Waals surface area (Å²) in [4.78, 5) is 20.6. The summed E-state index contributed by atoms with van der Waals surface area (Å²) >= 11 is 0. The van der Waals surface area contributed by atoms with E-state index in [1.54, 1.807) is 17.0 Å². The molecule has 148 valence electrons. The van der Waals surface area contributed by atoms with E-state index in [1.807, 2.05) is 12.1 Å². The maximum Gasteiger partial charge on any atom is 0.260 e. The fraction of sp³-hybridized carbons (Fsp3) is 0.333. The summed E-state index contributed by atoms with van der Waals surface area (Å²) in [7, 11) is -3.62. The van der Waals surface area contributed by atoms with Crippen molar-refractivity contribution >= 4 is 22.0 Å². The molecule has 2 aliphatic heterocycles. The lowest BCUT2D eigenvalue weighted by Gasteiger charge is -2.20. The minimum absolute atomic E-state index is 0.0648. The van der Waals surface area contributed by atoms with Crippen molar-refractivity contribution in [3.05, 3.63) is 42.4 Å². The number of rotatable bonds is 4. The summed E-state index contributed by atoms with van der Waals surface area (Å²) in [6.07, 6.45) is 6.40. The van der Waals surface area contributed by atoms with Gasteiger partial charge in [-0.05, 0) is 30.2 Å². The highest BCUT2D eigenvalue weighted by Crippen LogP contribution is 2.32. The number of hydrogen-bond donors (Lipinski definition) is 1. The summed E-state index contributed by atoms with van der Waals surface area (Å²) in [5.41, 5.74) is 0.830. The minimum atomic E-state index is -3.62. The second kappa shape index (κ2) is 7.64. The molecule has 0 aliphatic carbocycles. The maximum atomic E-state index is 12.6. The zero-order valence-electron chi connectivity index (χ0n) is 15.1. The van der Waals surface area contributed by atoms with Crippen molar-refractivity contribution in [3.8, 4) is 11.5 Å². The van der Waals surface area contributed by atoms with Gasteiger partial charge in [-0.3, -0.25) is 4.79 Å². The van der Waals surface area contributed by atoms with E-state index in [1.165, 1.54) is 22.9 Å². The predicted octanol–water partition coefficient (Wildman–Crippen LogP) is 1.07. The van der Waals surface area contributed by atoms with Crippen molar-refractivity contribution in [2.24, 2.45) is 0 Å². The second-order valence-electron chi connectivity index (χ2n) is 6.44. The highest BCUT2D eigenvalue weighted by molar-refractivity contribution is 7.89. The van der Waals surface area contributed by atoms with Crippen LogP contribution < -0.4 is 9.47 Å². The van der Waals surface area contributed by atoms with Crippen LogP contribution in [0.5, 0.6) is 11.5 Å². The molecular weight excluding hydrogens is 384 g/mol. The first-order valence-corrected chi connectivity index (χ1v) is 10.3. The second-order valence-corrected chi connectivity index (χ2v) is 8.35. The van der Waals surface area contributed by atoms with Crippen LogP contribution in [0.2, 0.25) is 0 Å². The molecule has 1 N–H and O–H groups in total. The smallest absolute Gasteiger partial charge is 0.260 e. The van der Waals surface area contributed by atoms with E-state index in [2.05, 4.69) is 9.97 Å². The normalized spacial score (nSPS) is 17.8. The van der Waals surface area contributed by atoms with Gasteiger partial charge in [0.15, 0.2) is 16.5 Å². The first-order chi connectivity index (χ1) is 13.5. The number of benzene rings is 1. The molecule has 1 amide bonds. The molecule has 0 unspecified atom stereocenters. The van der Waals surface area contributed by atoms with Crippen LogP contribution in [0.4, 0.5) is 0 Å². The average molecular weight is 404 g/mol. The Hall–Kier alpha value is -2.85. The molecule has 1 aromatic carbocycles. The quantitative estimate of drug-likeness (QED) is 0.765. The van der Waals surface area contributed by atoms with E-state index in [0.717, 1.165) is 5.56 Å². The number of aromatic nitrogens is 2. The van der Waals surface area contributed by atoms with Crippen LogP contribution in [0.1, 0.15) is 12.0 Å². The number of H-pyrrole nitrogens is 1. The molecule has 1 aromatic heterocycles. The van der Waals surface area contributed by atoms with E-state index in [-0.39, 0.29) is 24.3 Å². The third kappa shape index (κ3) is 3.73. The Morgan fingerprint density at radius 2 is 2.00 bits per heavy atom. The van der Waals surface area contributed by atoms with Crippen LogP contribution in [0.3, 0.4) is 0 Å². The van der Waals surface area contributed by atoms with Gasteiger partial charge in [-0.1, -0.05) is 6.07 Å². The van der Waals surface area contributed by atoms with Gasteiger partial charge < -0.3 is 19.4 Å². The zero-order chi connectivity index (χ0) is 19.6. The highest BCUT2D eigenvalue weighted by Gasteiger charge is 2.28. The zero-order valence-corrected chi connectivity index (χ0v) is 15.9. The van der Waals surface area contributed by atoms with Crippen LogP contribution in [-0.4, -0.2) is 66.5 Å².